The summed E-state index contributed by atoms with van der Waals surface area (Å²) >= 11 is 7.46. The van der Waals surface area contributed by atoms with Gasteiger partial charge in [0, 0.05) is 21.9 Å². The molecule has 138 valence electrons. The van der Waals surface area contributed by atoms with Crippen molar-refractivity contribution >= 4 is 29.3 Å². The molecule has 1 aliphatic heterocycles. The third-order valence-corrected chi connectivity index (χ3v) is 5.80. The quantitative estimate of drug-likeness (QED) is 0.697. The summed E-state index contributed by atoms with van der Waals surface area (Å²) < 4.78 is 6.08. The first-order valence-corrected chi connectivity index (χ1v) is 10.0. The van der Waals surface area contributed by atoms with Crippen LogP contribution in [-0.2, 0) is 4.79 Å². The van der Waals surface area contributed by atoms with Gasteiger partial charge in [-0.1, -0.05) is 29.3 Å². The lowest BCUT2D eigenvalue weighted by Gasteiger charge is -2.38. The Morgan fingerprint density at radius 3 is 2.65 bits per heavy atom. The average Bonchev–Trinajstić information content (AvgIpc) is 2.57. The zero-order chi connectivity index (χ0) is 18.9. The first-order chi connectivity index (χ1) is 12.2. The minimum atomic E-state index is -0.313. The van der Waals surface area contributed by atoms with Crippen LogP contribution < -0.4 is 10.1 Å². The fourth-order valence-electron chi connectivity index (χ4n) is 3.16. The molecule has 3 nitrogen and oxygen atoms in total. The molecule has 1 amide bonds. The van der Waals surface area contributed by atoms with Crippen molar-refractivity contribution < 1.29 is 9.53 Å². The van der Waals surface area contributed by atoms with E-state index in [1.165, 1.54) is 11.8 Å². The van der Waals surface area contributed by atoms with E-state index >= 15 is 0 Å². The van der Waals surface area contributed by atoms with Crippen LogP contribution in [0.15, 0.2) is 47.4 Å². The monoisotopic (exact) mass is 389 g/mol. The lowest BCUT2D eigenvalue weighted by molar-refractivity contribution is -0.121. The van der Waals surface area contributed by atoms with E-state index < -0.39 is 0 Å². The molecule has 26 heavy (non-hydrogen) atoms. The van der Waals surface area contributed by atoms with Gasteiger partial charge in [0.1, 0.15) is 11.4 Å². The molecule has 0 radical (unpaired) electrons. The highest BCUT2D eigenvalue weighted by atomic mass is 35.5. The molecule has 0 aromatic heterocycles. The largest absolute Gasteiger partial charge is 0.487 e. The SMILES string of the molecule is Cc1ccc2c(c1)[C@@H](NC(=O)[C@@H](C)Sc1ccc(Cl)cc1)CC(C)(C)O2. The van der Waals surface area contributed by atoms with Gasteiger partial charge in [0.15, 0.2) is 0 Å². The standard InChI is InChI=1S/C21H24ClNO2S/c1-13-5-10-19-17(11-13)18(12-21(3,4)25-19)23-20(24)14(2)26-16-8-6-15(22)7-9-16/h5-11,14,18H,12H2,1-4H3,(H,23,24)/t14-,18+/m1/s1. The summed E-state index contributed by atoms with van der Waals surface area (Å²) in [5, 5.41) is 3.72. The number of hydrogen-bond acceptors (Lipinski definition) is 3. The molecule has 2 atom stereocenters. The van der Waals surface area contributed by atoms with E-state index in [-0.39, 0.29) is 22.8 Å². The van der Waals surface area contributed by atoms with Gasteiger partial charge in [-0.25, -0.2) is 0 Å². The number of carbonyl (C=O) groups excluding carboxylic acids is 1. The van der Waals surface area contributed by atoms with Gasteiger partial charge in [0.2, 0.25) is 5.91 Å². The second-order valence-electron chi connectivity index (χ2n) is 7.38. The molecule has 5 heteroatoms. The summed E-state index contributed by atoms with van der Waals surface area (Å²) in [5.41, 5.74) is 1.91. The van der Waals surface area contributed by atoms with Crippen molar-refractivity contribution in [1.82, 2.24) is 5.32 Å². The Hall–Kier alpha value is -1.65. The number of rotatable bonds is 4. The molecule has 0 spiro atoms. The summed E-state index contributed by atoms with van der Waals surface area (Å²) in [6, 6.07) is 13.7. The number of fused-ring (bicyclic) bond motifs is 1. The van der Waals surface area contributed by atoms with Gasteiger partial charge >= 0.3 is 0 Å². The Balaban J connectivity index is 1.74. The van der Waals surface area contributed by atoms with Crippen molar-refractivity contribution in [3.05, 3.63) is 58.6 Å². The van der Waals surface area contributed by atoms with Crippen molar-refractivity contribution in [2.75, 3.05) is 0 Å². The van der Waals surface area contributed by atoms with E-state index in [2.05, 4.69) is 32.2 Å². The van der Waals surface area contributed by atoms with E-state index in [1.54, 1.807) is 0 Å². The summed E-state index contributed by atoms with van der Waals surface area (Å²) in [5.74, 6) is 0.885. The van der Waals surface area contributed by atoms with Crippen molar-refractivity contribution in [1.29, 1.82) is 0 Å². The minimum absolute atomic E-state index is 0.0279. The minimum Gasteiger partial charge on any atom is -0.487 e. The molecule has 0 aliphatic carbocycles. The van der Waals surface area contributed by atoms with Crippen LogP contribution in [-0.4, -0.2) is 16.8 Å². The molecular formula is C21H24ClNO2S. The molecular weight excluding hydrogens is 366 g/mol. The molecule has 3 rings (SSSR count). The zero-order valence-electron chi connectivity index (χ0n) is 15.5. The van der Waals surface area contributed by atoms with Crippen molar-refractivity contribution in [2.45, 2.75) is 55.9 Å². The van der Waals surface area contributed by atoms with Gasteiger partial charge in [-0.2, -0.15) is 0 Å². The second-order valence-corrected chi connectivity index (χ2v) is 9.23. The van der Waals surface area contributed by atoms with E-state index in [4.69, 9.17) is 16.3 Å². The van der Waals surface area contributed by atoms with Crippen LogP contribution in [0.2, 0.25) is 5.02 Å². The number of carbonyl (C=O) groups is 1. The highest BCUT2D eigenvalue weighted by Gasteiger charge is 2.35. The first-order valence-electron chi connectivity index (χ1n) is 8.76. The Bertz CT molecular complexity index is 804. The third-order valence-electron chi connectivity index (χ3n) is 4.43. The van der Waals surface area contributed by atoms with Crippen LogP contribution in [0.25, 0.3) is 0 Å². The summed E-state index contributed by atoms with van der Waals surface area (Å²) in [7, 11) is 0. The Kier molecular flexibility index (Phi) is 5.54. The van der Waals surface area contributed by atoms with Crippen LogP contribution in [0.4, 0.5) is 0 Å². The molecule has 0 saturated heterocycles. The fraction of sp³-hybridized carbons (Fsp3) is 0.381. The van der Waals surface area contributed by atoms with Gasteiger partial charge in [0.05, 0.1) is 11.3 Å². The van der Waals surface area contributed by atoms with Gasteiger partial charge < -0.3 is 10.1 Å². The van der Waals surface area contributed by atoms with Gasteiger partial charge in [-0.15, -0.1) is 11.8 Å². The molecule has 1 aliphatic rings. The fourth-order valence-corrected chi connectivity index (χ4v) is 4.17. The Morgan fingerprint density at radius 2 is 1.96 bits per heavy atom. The third kappa shape index (κ3) is 4.54. The van der Waals surface area contributed by atoms with E-state index in [9.17, 15) is 4.79 Å². The van der Waals surface area contributed by atoms with Crippen LogP contribution in [0, 0.1) is 6.92 Å². The maximum Gasteiger partial charge on any atom is 0.233 e. The molecule has 1 N–H and O–H groups in total. The molecule has 0 bridgehead atoms. The lowest BCUT2D eigenvalue weighted by Crippen LogP contribution is -2.43. The van der Waals surface area contributed by atoms with Crippen LogP contribution in [0.5, 0.6) is 5.75 Å². The molecule has 2 aromatic carbocycles. The van der Waals surface area contributed by atoms with E-state index in [1.807, 2.05) is 43.3 Å². The maximum atomic E-state index is 12.8. The number of aryl methyl sites for hydroxylation is 1. The first kappa shape index (κ1) is 19.1. The molecule has 1 heterocycles. The average molecular weight is 390 g/mol. The number of amides is 1. The van der Waals surface area contributed by atoms with Gasteiger partial charge in [0.25, 0.3) is 0 Å². The number of hydrogen-bond donors (Lipinski definition) is 1. The highest BCUT2D eigenvalue weighted by molar-refractivity contribution is 8.00. The molecule has 0 unspecified atom stereocenters. The Morgan fingerprint density at radius 1 is 1.27 bits per heavy atom. The van der Waals surface area contributed by atoms with Gasteiger partial charge in [-0.05, 0) is 58.0 Å². The van der Waals surface area contributed by atoms with E-state index in [0.29, 0.717) is 5.02 Å². The van der Waals surface area contributed by atoms with E-state index in [0.717, 1.165) is 28.2 Å². The van der Waals surface area contributed by atoms with Crippen molar-refractivity contribution in [3.63, 3.8) is 0 Å². The maximum absolute atomic E-state index is 12.8. The molecule has 0 saturated carbocycles. The highest BCUT2D eigenvalue weighted by Crippen LogP contribution is 2.40. The number of nitrogens with one attached hydrogen (secondary N) is 1. The predicted octanol–water partition coefficient (Wildman–Crippen LogP) is 5.55. The Labute approximate surface area is 164 Å². The zero-order valence-corrected chi connectivity index (χ0v) is 17.1. The summed E-state index contributed by atoms with van der Waals surface area (Å²) in [6.07, 6.45) is 0.744. The molecule has 0 fully saturated rings. The normalized spacial score (nSPS) is 19.2. The number of ether oxygens (including phenoxy) is 1. The number of benzene rings is 2. The smallest absolute Gasteiger partial charge is 0.233 e. The summed E-state index contributed by atoms with van der Waals surface area (Å²) in [6.45, 7) is 8.09. The van der Waals surface area contributed by atoms with Crippen LogP contribution in [0.1, 0.15) is 44.4 Å². The van der Waals surface area contributed by atoms with Crippen LogP contribution in [0.3, 0.4) is 0 Å². The predicted molar refractivity (Wildman–Crippen MR) is 108 cm³/mol. The van der Waals surface area contributed by atoms with Gasteiger partial charge in [-0.3, -0.25) is 4.79 Å². The molecule has 2 aromatic rings. The van der Waals surface area contributed by atoms with Crippen LogP contribution >= 0.6 is 23.4 Å². The lowest BCUT2D eigenvalue weighted by atomic mass is 9.89. The van der Waals surface area contributed by atoms with Crippen molar-refractivity contribution in [3.8, 4) is 5.75 Å². The second kappa shape index (κ2) is 7.53. The number of thioether (sulfide) groups is 1. The topological polar surface area (TPSA) is 38.3 Å². The summed E-state index contributed by atoms with van der Waals surface area (Å²) in [4.78, 5) is 13.8. The number of halogens is 1. The van der Waals surface area contributed by atoms with Crippen molar-refractivity contribution in [2.24, 2.45) is 0 Å².